The van der Waals surface area contributed by atoms with Crippen LogP contribution in [0.25, 0.3) is 0 Å². The van der Waals surface area contributed by atoms with Crippen LogP contribution in [0.2, 0.25) is 0 Å². The highest BCUT2D eigenvalue weighted by Crippen LogP contribution is 2.20. The normalized spacial score (nSPS) is 14.3. The molecule has 0 aliphatic heterocycles. The number of hydrogen-bond donors (Lipinski definition) is 2. The average molecular weight is 349 g/mol. The van der Waals surface area contributed by atoms with Crippen molar-refractivity contribution in [1.29, 1.82) is 5.26 Å². The van der Waals surface area contributed by atoms with Gasteiger partial charge in [-0.2, -0.15) is 5.26 Å². The number of amides is 1. The fourth-order valence-electron chi connectivity index (χ4n) is 2.64. The molecule has 0 aromatic heterocycles. The van der Waals surface area contributed by atoms with E-state index in [-0.39, 0.29) is 18.6 Å². The predicted octanol–water partition coefficient (Wildman–Crippen LogP) is 3.07. The summed E-state index contributed by atoms with van der Waals surface area (Å²) < 4.78 is 5.52. The summed E-state index contributed by atoms with van der Waals surface area (Å²) in [6.45, 7) is 2.84. The van der Waals surface area contributed by atoms with Crippen LogP contribution in [-0.2, 0) is 11.3 Å². The minimum Gasteiger partial charge on any atom is -0.484 e. The van der Waals surface area contributed by atoms with E-state index in [1.165, 1.54) is 0 Å². The third kappa shape index (κ3) is 5.33. The number of ether oxygens (including phenoxy) is 1. The van der Waals surface area contributed by atoms with Gasteiger partial charge in [0.2, 0.25) is 0 Å². The Morgan fingerprint density at radius 2 is 2.04 bits per heavy atom. The van der Waals surface area contributed by atoms with Crippen LogP contribution in [0.4, 0.5) is 0 Å². The van der Waals surface area contributed by atoms with Gasteiger partial charge in [0.15, 0.2) is 6.61 Å². The van der Waals surface area contributed by atoms with Crippen LogP contribution >= 0.6 is 0 Å². The van der Waals surface area contributed by atoms with Crippen molar-refractivity contribution >= 4 is 5.91 Å². The summed E-state index contributed by atoms with van der Waals surface area (Å²) in [7, 11) is 0. The van der Waals surface area contributed by atoms with Gasteiger partial charge in [0.1, 0.15) is 5.75 Å². The van der Waals surface area contributed by atoms with E-state index in [0.717, 1.165) is 24.0 Å². The van der Waals surface area contributed by atoms with Crippen molar-refractivity contribution in [3.8, 4) is 11.8 Å². The summed E-state index contributed by atoms with van der Waals surface area (Å²) in [6.07, 6.45) is 2.15. The number of carbonyl (C=O) groups excluding carboxylic acids is 1. The van der Waals surface area contributed by atoms with Gasteiger partial charge in [0.25, 0.3) is 5.91 Å². The molecule has 1 amide bonds. The Morgan fingerprint density at radius 1 is 1.27 bits per heavy atom. The molecule has 1 fully saturated rings. The van der Waals surface area contributed by atoms with Crippen LogP contribution in [0, 0.1) is 11.3 Å². The number of benzene rings is 2. The first-order chi connectivity index (χ1) is 12.6. The standard InChI is InChI=1S/C21H23N3O2/c1-15(23-13-17-4-2-3-16(11-17)12-22)18-5-9-20(10-6-18)26-14-21(25)24-19-7-8-19/h2-6,9-11,15,19,23H,7-8,13-14H2,1H3,(H,24,25). The molecule has 0 radical (unpaired) electrons. The summed E-state index contributed by atoms with van der Waals surface area (Å²) in [5.41, 5.74) is 2.89. The van der Waals surface area contributed by atoms with E-state index in [4.69, 9.17) is 10.00 Å². The van der Waals surface area contributed by atoms with Gasteiger partial charge in [-0.3, -0.25) is 4.79 Å². The SMILES string of the molecule is CC(NCc1cccc(C#N)c1)c1ccc(OCC(=O)NC2CC2)cc1. The molecule has 2 N–H and O–H groups in total. The maximum Gasteiger partial charge on any atom is 0.258 e. The fourth-order valence-corrected chi connectivity index (χ4v) is 2.64. The quantitative estimate of drug-likeness (QED) is 0.768. The Balaban J connectivity index is 1.47. The predicted molar refractivity (Wildman–Crippen MR) is 99.5 cm³/mol. The van der Waals surface area contributed by atoms with E-state index in [0.29, 0.717) is 23.9 Å². The van der Waals surface area contributed by atoms with Crippen LogP contribution in [0.5, 0.6) is 5.75 Å². The smallest absolute Gasteiger partial charge is 0.258 e. The molecule has 26 heavy (non-hydrogen) atoms. The molecular formula is C21H23N3O2. The summed E-state index contributed by atoms with van der Waals surface area (Å²) in [5, 5.41) is 15.3. The Morgan fingerprint density at radius 3 is 2.73 bits per heavy atom. The summed E-state index contributed by atoms with van der Waals surface area (Å²) in [6, 6.07) is 18.0. The number of hydrogen-bond acceptors (Lipinski definition) is 4. The first-order valence-corrected chi connectivity index (χ1v) is 8.88. The van der Waals surface area contributed by atoms with Crippen molar-refractivity contribution < 1.29 is 9.53 Å². The summed E-state index contributed by atoms with van der Waals surface area (Å²) >= 11 is 0. The first-order valence-electron chi connectivity index (χ1n) is 8.88. The molecule has 2 aromatic rings. The van der Waals surface area contributed by atoms with Crippen LogP contribution in [0.1, 0.15) is 42.5 Å². The molecule has 0 saturated heterocycles. The van der Waals surface area contributed by atoms with E-state index in [1.54, 1.807) is 6.07 Å². The average Bonchev–Trinajstić information content (AvgIpc) is 3.49. The molecule has 1 aliphatic carbocycles. The molecular weight excluding hydrogens is 326 g/mol. The molecule has 1 saturated carbocycles. The first kappa shape index (κ1) is 18.0. The summed E-state index contributed by atoms with van der Waals surface area (Å²) in [5.74, 6) is 0.625. The van der Waals surface area contributed by atoms with Gasteiger partial charge in [-0.15, -0.1) is 0 Å². The van der Waals surface area contributed by atoms with Crippen molar-refractivity contribution in [1.82, 2.24) is 10.6 Å². The fraction of sp³-hybridized carbons (Fsp3) is 0.333. The molecule has 1 atom stereocenters. The number of nitrogens with one attached hydrogen (secondary N) is 2. The van der Waals surface area contributed by atoms with Gasteiger partial charge in [-0.1, -0.05) is 24.3 Å². The van der Waals surface area contributed by atoms with Crippen LogP contribution in [0.3, 0.4) is 0 Å². The zero-order valence-corrected chi connectivity index (χ0v) is 14.9. The van der Waals surface area contributed by atoms with Crippen LogP contribution in [0.15, 0.2) is 48.5 Å². The maximum atomic E-state index is 11.6. The second kappa shape index (κ2) is 8.50. The highest BCUT2D eigenvalue weighted by Gasteiger charge is 2.23. The van der Waals surface area contributed by atoms with Crippen LogP contribution in [-0.4, -0.2) is 18.6 Å². The molecule has 1 unspecified atom stereocenters. The molecule has 0 spiro atoms. The van der Waals surface area contributed by atoms with E-state index < -0.39 is 0 Å². The minimum atomic E-state index is -0.0637. The summed E-state index contributed by atoms with van der Waals surface area (Å²) in [4.78, 5) is 11.6. The maximum absolute atomic E-state index is 11.6. The Bertz CT molecular complexity index is 792. The van der Waals surface area contributed by atoms with Crippen molar-refractivity contribution in [2.75, 3.05) is 6.61 Å². The zero-order chi connectivity index (χ0) is 18.4. The molecule has 0 heterocycles. The van der Waals surface area contributed by atoms with Gasteiger partial charge in [0, 0.05) is 18.6 Å². The van der Waals surface area contributed by atoms with Crippen LogP contribution < -0.4 is 15.4 Å². The number of rotatable bonds is 8. The van der Waals surface area contributed by atoms with E-state index in [1.807, 2.05) is 42.5 Å². The third-order valence-corrected chi connectivity index (χ3v) is 4.36. The molecule has 2 aromatic carbocycles. The number of nitriles is 1. The Hall–Kier alpha value is -2.84. The topological polar surface area (TPSA) is 74.1 Å². The molecule has 5 nitrogen and oxygen atoms in total. The monoisotopic (exact) mass is 349 g/mol. The van der Waals surface area contributed by atoms with Gasteiger partial charge >= 0.3 is 0 Å². The number of nitrogens with zero attached hydrogens (tertiary/aromatic N) is 1. The highest BCUT2D eigenvalue weighted by molar-refractivity contribution is 5.78. The minimum absolute atomic E-state index is 0.0544. The van der Waals surface area contributed by atoms with Gasteiger partial charge in [-0.05, 0) is 55.2 Å². The lowest BCUT2D eigenvalue weighted by Crippen LogP contribution is -2.30. The Labute approximate surface area is 154 Å². The largest absolute Gasteiger partial charge is 0.484 e. The van der Waals surface area contributed by atoms with Crippen molar-refractivity contribution in [2.45, 2.75) is 38.4 Å². The Kier molecular flexibility index (Phi) is 5.88. The molecule has 3 rings (SSSR count). The van der Waals surface area contributed by atoms with Gasteiger partial charge in [-0.25, -0.2) is 0 Å². The molecule has 0 bridgehead atoms. The van der Waals surface area contributed by atoms with Crippen molar-refractivity contribution in [2.24, 2.45) is 0 Å². The van der Waals surface area contributed by atoms with Gasteiger partial charge < -0.3 is 15.4 Å². The van der Waals surface area contributed by atoms with Crippen molar-refractivity contribution in [3.63, 3.8) is 0 Å². The highest BCUT2D eigenvalue weighted by atomic mass is 16.5. The lowest BCUT2D eigenvalue weighted by atomic mass is 10.1. The van der Waals surface area contributed by atoms with E-state index >= 15 is 0 Å². The lowest BCUT2D eigenvalue weighted by molar-refractivity contribution is -0.123. The van der Waals surface area contributed by atoms with E-state index in [2.05, 4.69) is 23.6 Å². The van der Waals surface area contributed by atoms with E-state index in [9.17, 15) is 4.79 Å². The molecule has 134 valence electrons. The zero-order valence-electron chi connectivity index (χ0n) is 14.9. The number of carbonyl (C=O) groups is 1. The van der Waals surface area contributed by atoms with Crippen molar-refractivity contribution in [3.05, 3.63) is 65.2 Å². The second-order valence-corrected chi connectivity index (χ2v) is 6.61. The molecule has 5 heteroatoms. The second-order valence-electron chi connectivity index (χ2n) is 6.61. The third-order valence-electron chi connectivity index (χ3n) is 4.36. The van der Waals surface area contributed by atoms with Gasteiger partial charge in [0.05, 0.1) is 11.6 Å². The molecule has 1 aliphatic rings. The lowest BCUT2D eigenvalue weighted by Gasteiger charge is -2.15.